The van der Waals surface area contributed by atoms with Crippen molar-refractivity contribution in [3.05, 3.63) is 71.1 Å². The van der Waals surface area contributed by atoms with Gasteiger partial charge >= 0.3 is 6.18 Å². The molecule has 0 amide bonds. The lowest BCUT2D eigenvalue weighted by Gasteiger charge is -2.10. The maximum Gasteiger partial charge on any atom is 0.433 e. The van der Waals surface area contributed by atoms with E-state index in [4.69, 9.17) is 0 Å². The number of aromatic nitrogens is 5. The molecule has 1 aromatic carbocycles. The molecule has 30 heavy (non-hydrogen) atoms. The minimum atomic E-state index is -4.52. The molecule has 154 valence electrons. The van der Waals surface area contributed by atoms with Crippen LogP contribution in [0.3, 0.4) is 0 Å². The van der Waals surface area contributed by atoms with Crippen molar-refractivity contribution in [1.29, 1.82) is 0 Å². The van der Waals surface area contributed by atoms with Gasteiger partial charge in [-0.25, -0.2) is 19.9 Å². The molecular formula is C20H17F3N6S. The fourth-order valence-electron chi connectivity index (χ4n) is 2.92. The molecule has 6 nitrogen and oxygen atoms in total. The van der Waals surface area contributed by atoms with Crippen LogP contribution in [0.5, 0.6) is 0 Å². The molecule has 4 rings (SSSR count). The van der Waals surface area contributed by atoms with Gasteiger partial charge in [-0.3, -0.25) is 0 Å². The second-order valence-corrected chi connectivity index (χ2v) is 7.75. The van der Waals surface area contributed by atoms with Gasteiger partial charge in [0.15, 0.2) is 0 Å². The van der Waals surface area contributed by atoms with Crippen molar-refractivity contribution in [1.82, 2.24) is 24.9 Å². The maximum absolute atomic E-state index is 12.9. The van der Waals surface area contributed by atoms with E-state index in [1.165, 1.54) is 0 Å². The Morgan fingerprint density at radius 1 is 1.07 bits per heavy atom. The van der Waals surface area contributed by atoms with Gasteiger partial charge in [0.2, 0.25) is 5.95 Å². The molecule has 0 unspecified atom stereocenters. The molecule has 10 heteroatoms. The highest BCUT2D eigenvalue weighted by atomic mass is 32.1. The zero-order valence-electron chi connectivity index (χ0n) is 15.9. The molecule has 0 radical (unpaired) electrons. The number of imidazole rings is 1. The number of hydrogen-bond acceptors (Lipinski definition) is 6. The maximum atomic E-state index is 12.9. The molecule has 0 spiro atoms. The van der Waals surface area contributed by atoms with Crippen LogP contribution in [0.15, 0.2) is 49.1 Å². The normalized spacial score (nSPS) is 11.6. The number of halogens is 3. The number of rotatable bonds is 6. The van der Waals surface area contributed by atoms with Crippen molar-refractivity contribution in [3.8, 4) is 10.4 Å². The van der Waals surface area contributed by atoms with Crippen LogP contribution in [0.4, 0.5) is 24.8 Å². The third kappa shape index (κ3) is 4.82. The number of benzene rings is 1. The molecule has 4 aromatic rings. The van der Waals surface area contributed by atoms with Crippen molar-refractivity contribution in [2.24, 2.45) is 0 Å². The molecule has 0 saturated carbocycles. The van der Waals surface area contributed by atoms with Gasteiger partial charge in [-0.15, -0.1) is 11.3 Å². The average Bonchev–Trinajstić information content (AvgIpc) is 3.37. The summed E-state index contributed by atoms with van der Waals surface area (Å²) in [5.41, 5.74) is 1.49. The van der Waals surface area contributed by atoms with E-state index in [0.717, 1.165) is 51.9 Å². The second-order valence-electron chi connectivity index (χ2n) is 6.63. The summed E-state index contributed by atoms with van der Waals surface area (Å²) in [6.07, 6.45) is 3.42. The number of nitrogens with zero attached hydrogens (tertiary/aromatic N) is 4. The fraction of sp³-hybridized carbons (Fsp3) is 0.200. The molecule has 0 aliphatic rings. The topological polar surface area (TPSA) is 79.4 Å². The Labute approximate surface area is 174 Å². The third-order valence-electron chi connectivity index (χ3n) is 4.25. The molecule has 0 atom stereocenters. The number of thiazole rings is 1. The molecular weight excluding hydrogens is 413 g/mol. The van der Waals surface area contributed by atoms with Crippen molar-refractivity contribution >= 4 is 23.0 Å². The SMILES string of the molecule is Cc1cc(Nc2nccc(C(F)(F)F)n2)cc(-c2cnc(CCc3ncc[nH]3)s2)c1. The largest absolute Gasteiger partial charge is 0.433 e. The molecule has 2 N–H and O–H groups in total. The van der Waals surface area contributed by atoms with Crippen molar-refractivity contribution in [2.45, 2.75) is 25.9 Å². The second kappa shape index (κ2) is 8.23. The van der Waals surface area contributed by atoms with Crippen molar-refractivity contribution in [3.63, 3.8) is 0 Å². The first-order valence-corrected chi connectivity index (χ1v) is 9.91. The summed E-state index contributed by atoms with van der Waals surface area (Å²) in [4.78, 5) is 20.2. The van der Waals surface area contributed by atoms with Gasteiger partial charge < -0.3 is 10.3 Å². The molecule has 0 aliphatic heterocycles. The Kier molecular flexibility index (Phi) is 5.49. The van der Waals surface area contributed by atoms with Gasteiger partial charge in [0.25, 0.3) is 0 Å². The van der Waals surface area contributed by atoms with Crippen LogP contribution >= 0.6 is 11.3 Å². The summed E-state index contributed by atoms with van der Waals surface area (Å²) in [7, 11) is 0. The van der Waals surface area contributed by atoms with Crippen LogP contribution in [-0.2, 0) is 19.0 Å². The number of aromatic amines is 1. The first kappa shape index (κ1) is 20.0. The minimum absolute atomic E-state index is 0.107. The van der Waals surface area contributed by atoms with E-state index in [-0.39, 0.29) is 5.95 Å². The van der Waals surface area contributed by atoms with E-state index in [1.54, 1.807) is 23.7 Å². The van der Waals surface area contributed by atoms with Gasteiger partial charge in [0, 0.05) is 43.3 Å². The Hall–Kier alpha value is -3.27. The zero-order chi connectivity index (χ0) is 21.1. The zero-order valence-corrected chi connectivity index (χ0v) is 16.7. The minimum Gasteiger partial charge on any atom is -0.349 e. The number of alkyl halides is 3. The van der Waals surface area contributed by atoms with Crippen LogP contribution in [0.2, 0.25) is 0 Å². The predicted molar refractivity (Wildman–Crippen MR) is 109 cm³/mol. The first-order chi connectivity index (χ1) is 14.4. The average molecular weight is 430 g/mol. The number of aryl methyl sites for hydroxylation is 3. The molecule has 0 fully saturated rings. The van der Waals surface area contributed by atoms with Crippen LogP contribution in [0, 0.1) is 6.92 Å². The van der Waals surface area contributed by atoms with E-state index in [2.05, 4.69) is 30.2 Å². The number of H-pyrrole nitrogens is 1. The lowest BCUT2D eigenvalue weighted by molar-refractivity contribution is -0.141. The summed E-state index contributed by atoms with van der Waals surface area (Å²) in [5, 5.41) is 3.85. The van der Waals surface area contributed by atoms with E-state index in [1.807, 2.05) is 31.3 Å². The standard InChI is InChI=1S/C20H17F3N6S/c1-12-8-13(15-11-27-18(30-15)3-2-17-24-6-7-25-17)10-14(9-12)28-19-26-5-4-16(29-19)20(21,22)23/h4-11H,2-3H2,1H3,(H,24,25)(H,26,28,29). The van der Waals surface area contributed by atoms with Crippen LogP contribution in [0.1, 0.15) is 22.1 Å². The number of nitrogens with one attached hydrogen (secondary N) is 2. The van der Waals surface area contributed by atoms with Crippen molar-refractivity contribution in [2.75, 3.05) is 5.32 Å². The van der Waals surface area contributed by atoms with Gasteiger partial charge in [-0.2, -0.15) is 13.2 Å². The van der Waals surface area contributed by atoms with Crippen molar-refractivity contribution < 1.29 is 13.2 Å². The Bertz CT molecular complexity index is 1140. The molecule has 0 bridgehead atoms. The Morgan fingerprint density at radius 2 is 1.93 bits per heavy atom. The summed E-state index contributed by atoms with van der Waals surface area (Å²) >= 11 is 1.58. The molecule has 3 heterocycles. The Morgan fingerprint density at radius 3 is 2.70 bits per heavy atom. The van der Waals surface area contributed by atoms with Gasteiger partial charge in [-0.05, 0) is 36.2 Å². The van der Waals surface area contributed by atoms with Gasteiger partial charge in [0.1, 0.15) is 11.5 Å². The van der Waals surface area contributed by atoms with Crippen LogP contribution in [0.25, 0.3) is 10.4 Å². The highest BCUT2D eigenvalue weighted by molar-refractivity contribution is 7.15. The third-order valence-corrected chi connectivity index (χ3v) is 5.35. The molecule has 0 aliphatic carbocycles. The summed E-state index contributed by atoms with van der Waals surface area (Å²) in [6, 6.07) is 6.52. The number of hydrogen-bond donors (Lipinski definition) is 2. The summed E-state index contributed by atoms with van der Waals surface area (Å²) in [5.74, 6) is 0.805. The summed E-state index contributed by atoms with van der Waals surface area (Å²) < 4.78 is 38.6. The van der Waals surface area contributed by atoms with Crippen LogP contribution < -0.4 is 5.32 Å². The van der Waals surface area contributed by atoms with Crippen LogP contribution in [-0.4, -0.2) is 24.9 Å². The highest BCUT2D eigenvalue weighted by Crippen LogP contribution is 2.31. The van der Waals surface area contributed by atoms with Gasteiger partial charge in [-0.1, -0.05) is 6.07 Å². The van der Waals surface area contributed by atoms with E-state index < -0.39 is 11.9 Å². The van der Waals surface area contributed by atoms with E-state index >= 15 is 0 Å². The smallest absolute Gasteiger partial charge is 0.349 e. The predicted octanol–water partition coefficient (Wildman–Crippen LogP) is 5.18. The number of anilines is 2. The lowest BCUT2D eigenvalue weighted by Crippen LogP contribution is -2.10. The molecule has 0 saturated heterocycles. The lowest BCUT2D eigenvalue weighted by atomic mass is 10.1. The van der Waals surface area contributed by atoms with Gasteiger partial charge in [0.05, 0.1) is 9.88 Å². The first-order valence-electron chi connectivity index (χ1n) is 9.09. The quantitative estimate of drug-likeness (QED) is 0.441. The summed E-state index contributed by atoms with van der Waals surface area (Å²) in [6.45, 7) is 1.92. The molecule has 3 aromatic heterocycles. The highest BCUT2D eigenvalue weighted by Gasteiger charge is 2.32. The monoisotopic (exact) mass is 430 g/mol. The van der Waals surface area contributed by atoms with E-state index in [0.29, 0.717) is 5.69 Å². The fourth-order valence-corrected chi connectivity index (χ4v) is 3.83. The Balaban J connectivity index is 1.52. The van der Waals surface area contributed by atoms with E-state index in [9.17, 15) is 13.2 Å².